The van der Waals surface area contributed by atoms with Crippen LogP contribution in [0.5, 0.6) is 5.75 Å². The van der Waals surface area contributed by atoms with E-state index in [4.69, 9.17) is 4.74 Å². The maximum atomic E-state index is 13.1. The molecule has 0 heterocycles. The number of nitrogens with zero attached hydrogens (tertiary/aromatic N) is 1. The molecule has 5 nitrogen and oxygen atoms in total. The first-order valence-corrected chi connectivity index (χ1v) is 11.5. The van der Waals surface area contributed by atoms with Crippen LogP contribution in [-0.4, -0.2) is 41.7 Å². The van der Waals surface area contributed by atoms with Gasteiger partial charge in [0.1, 0.15) is 17.6 Å². The summed E-state index contributed by atoms with van der Waals surface area (Å²) in [7, 11) is 1.59. The number of carbonyl (C=O) groups excluding carboxylic acids is 2. The Morgan fingerprint density at radius 3 is 2.48 bits per heavy atom. The molecule has 2 aromatic carbocycles. The zero-order valence-corrected chi connectivity index (χ0v) is 19.4. The standard InChI is InChI=1S/C24H31FN2O3S/c1-5-17(2)26-24(29)18(3)27(14-20-7-6-8-22(13-20)30-4)23(28)16-31-15-19-9-11-21(25)12-10-19/h6-13,17-18H,5,14-16H2,1-4H3,(H,26,29). The lowest BCUT2D eigenvalue weighted by Crippen LogP contribution is -2.50. The van der Waals surface area contributed by atoms with Crippen LogP contribution in [0.4, 0.5) is 4.39 Å². The van der Waals surface area contributed by atoms with Gasteiger partial charge in [0.2, 0.25) is 11.8 Å². The third-order valence-electron chi connectivity index (χ3n) is 5.06. The number of nitrogens with one attached hydrogen (secondary N) is 1. The second-order valence-electron chi connectivity index (χ2n) is 7.49. The van der Waals surface area contributed by atoms with E-state index in [0.29, 0.717) is 18.0 Å². The number of methoxy groups -OCH3 is 1. The van der Waals surface area contributed by atoms with Gasteiger partial charge in [-0.05, 0) is 55.7 Å². The van der Waals surface area contributed by atoms with Crippen LogP contribution in [0, 0.1) is 5.82 Å². The Morgan fingerprint density at radius 1 is 1.13 bits per heavy atom. The summed E-state index contributed by atoms with van der Waals surface area (Å²) in [6.07, 6.45) is 0.815. The SMILES string of the molecule is CCC(C)NC(=O)C(C)N(Cc1cccc(OC)c1)C(=O)CSCc1ccc(F)cc1. The molecule has 2 unspecified atom stereocenters. The van der Waals surface area contributed by atoms with Crippen LogP contribution < -0.4 is 10.1 Å². The van der Waals surface area contributed by atoms with Crippen LogP contribution in [0.3, 0.4) is 0 Å². The van der Waals surface area contributed by atoms with Gasteiger partial charge in [-0.3, -0.25) is 9.59 Å². The van der Waals surface area contributed by atoms with Crippen molar-refractivity contribution in [1.82, 2.24) is 10.2 Å². The van der Waals surface area contributed by atoms with Crippen molar-refractivity contribution in [3.8, 4) is 5.75 Å². The Balaban J connectivity index is 2.09. The molecule has 2 amide bonds. The van der Waals surface area contributed by atoms with Gasteiger partial charge in [0.05, 0.1) is 12.9 Å². The first-order valence-electron chi connectivity index (χ1n) is 10.4. The zero-order valence-electron chi connectivity index (χ0n) is 18.6. The summed E-state index contributed by atoms with van der Waals surface area (Å²) >= 11 is 1.44. The van der Waals surface area contributed by atoms with Crippen molar-refractivity contribution in [3.05, 3.63) is 65.5 Å². The third kappa shape index (κ3) is 7.90. The molecule has 0 bridgehead atoms. The molecule has 0 spiro atoms. The van der Waals surface area contributed by atoms with Crippen molar-refractivity contribution in [3.63, 3.8) is 0 Å². The highest BCUT2D eigenvalue weighted by Crippen LogP contribution is 2.19. The molecular formula is C24H31FN2O3S. The van der Waals surface area contributed by atoms with Gasteiger partial charge < -0.3 is 15.0 Å². The lowest BCUT2D eigenvalue weighted by Gasteiger charge is -2.29. The van der Waals surface area contributed by atoms with Crippen molar-refractivity contribution in [1.29, 1.82) is 0 Å². The van der Waals surface area contributed by atoms with E-state index in [-0.39, 0.29) is 29.4 Å². The van der Waals surface area contributed by atoms with Crippen LogP contribution >= 0.6 is 11.8 Å². The molecule has 31 heavy (non-hydrogen) atoms. The maximum absolute atomic E-state index is 13.1. The van der Waals surface area contributed by atoms with Gasteiger partial charge >= 0.3 is 0 Å². The second-order valence-corrected chi connectivity index (χ2v) is 8.47. The summed E-state index contributed by atoms with van der Waals surface area (Å²) in [5, 5.41) is 2.96. The van der Waals surface area contributed by atoms with E-state index in [1.807, 2.05) is 38.1 Å². The van der Waals surface area contributed by atoms with E-state index in [1.54, 1.807) is 31.1 Å². The van der Waals surface area contributed by atoms with Crippen LogP contribution in [0.25, 0.3) is 0 Å². The van der Waals surface area contributed by atoms with Crippen molar-refractivity contribution < 1.29 is 18.7 Å². The van der Waals surface area contributed by atoms with Gasteiger partial charge in [0, 0.05) is 18.3 Å². The summed E-state index contributed by atoms with van der Waals surface area (Å²) in [6.45, 7) is 6.00. The topological polar surface area (TPSA) is 58.6 Å². The quantitative estimate of drug-likeness (QED) is 0.556. The highest BCUT2D eigenvalue weighted by Gasteiger charge is 2.26. The van der Waals surface area contributed by atoms with Gasteiger partial charge in [-0.25, -0.2) is 4.39 Å². The fourth-order valence-corrected chi connectivity index (χ4v) is 3.81. The lowest BCUT2D eigenvalue weighted by atomic mass is 10.1. The number of thioether (sulfide) groups is 1. The number of ether oxygens (including phenoxy) is 1. The van der Waals surface area contributed by atoms with Crippen molar-refractivity contribution in [2.45, 2.75) is 51.6 Å². The average Bonchev–Trinajstić information content (AvgIpc) is 2.78. The Labute approximate surface area is 188 Å². The second kappa shape index (κ2) is 12.3. The summed E-state index contributed by atoms with van der Waals surface area (Å²) < 4.78 is 18.4. The van der Waals surface area contributed by atoms with Crippen molar-refractivity contribution in [2.24, 2.45) is 0 Å². The molecule has 0 aliphatic rings. The predicted molar refractivity (Wildman–Crippen MR) is 123 cm³/mol. The molecule has 2 aromatic rings. The fraction of sp³-hybridized carbons (Fsp3) is 0.417. The summed E-state index contributed by atoms with van der Waals surface area (Å²) in [5.74, 6) is 0.938. The smallest absolute Gasteiger partial charge is 0.242 e. The van der Waals surface area contributed by atoms with Crippen molar-refractivity contribution in [2.75, 3.05) is 12.9 Å². The molecule has 1 N–H and O–H groups in total. The summed E-state index contributed by atoms with van der Waals surface area (Å²) in [4.78, 5) is 27.4. The highest BCUT2D eigenvalue weighted by molar-refractivity contribution is 7.99. The molecule has 7 heteroatoms. The van der Waals surface area contributed by atoms with E-state index >= 15 is 0 Å². The van der Waals surface area contributed by atoms with Crippen molar-refractivity contribution >= 4 is 23.6 Å². The molecule has 0 saturated heterocycles. The monoisotopic (exact) mass is 446 g/mol. The van der Waals surface area contributed by atoms with E-state index in [1.165, 1.54) is 23.9 Å². The molecule has 0 aromatic heterocycles. The van der Waals surface area contributed by atoms with Gasteiger partial charge in [-0.1, -0.05) is 31.2 Å². The van der Waals surface area contributed by atoms with Crippen LogP contribution in [0.15, 0.2) is 48.5 Å². The Bertz CT molecular complexity index is 860. The Morgan fingerprint density at radius 2 is 1.84 bits per heavy atom. The molecule has 0 fully saturated rings. The highest BCUT2D eigenvalue weighted by atomic mass is 32.2. The van der Waals surface area contributed by atoms with E-state index in [9.17, 15) is 14.0 Å². The number of rotatable bonds is 11. The Kier molecular flexibility index (Phi) is 9.85. The number of carbonyl (C=O) groups is 2. The predicted octanol–water partition coefficient (Wildman–Crippen LogP) is 4.40. The molecule has 2 rings (SSSR count). The van der Waals surface area contributed by atoms with Crippen LogP contribution in [0.2, 0.25) is 0 Å². The van der Waals surface area contributed by atoms with E-state index < -0.39 is 6.04 Å². The lowest BCUT2D eigenvalue weighted by molar-refractivity contribution is -0.138. The number of benzene rings is 2. The van der Waals surface area contributed by atoms with Crippen LogP contribution in [0.1, 0.15) is 38.3 Å². The van der Waals surface area contributed by atoms with E-state index in [2.05, 4.69) is 5.32 Å². The minimum Gasteiger partial charge on any atom is -0.497 e. The normalized spacial score (nSPS) is 12.7. The molecule has 2 atom stereocenters. The average molecular weight is 447 g/mol. The maximum Gasteiger partial charge on any atom is 0.242 e. The number of halogens is 1. The first kappa shape index (κ1) is 24.7. The molecule has 0 radical (unpaired) electrons. The third-order valence-corrected chi connectivity index (χ3v) is 6.05. The molecule has 0 saturated carbocycles. The first-order chi connectivity index (χ1) is 14.8. The van der Waals surface area contributed by atoms with E-state index in [0.717, 1.165) is 17.5 Å². The molecule has 0 aliphatic heterocycles. The Hall–Kier alpha value is -2.54. The fourth-order valence-electron chi connectivity index (χ4n) is 2.94. The summed E-state index contributed by atoms with van der Waals surface area (Å²) in [6, 6.07) is 13.2. The molecule has 0 aliphatic carbocycles. The zero-order chi connectivity index (χ0) is 22.8. The number of hydrogen-bond acceptors (Lipinski definition) is 4. The summed E-state index contributed by atoms with van der Waals surface area (Å²) in [5.41, 5.74) is 1.83. The van der Waals surface area contributed by atoms with Gasteiger partial charge in [-0.2, -0.15) is 0 Å². The van der Waals surface area contributed by atoms with Gasteiger partial charge in [0.25, 0.3) is 0 Å². The van der Waals surface area contributed by atoms with Gasteiger partial charge in [-0.15, -0.1) is 11.8 Å². The number of hydrogen-bond donors (Lipinski definition) is 1. The van der Waals surface area contributed by atoms with Gasteiger partial charge in [0.15, 0.2) is 0 Å². The molecule has 168 valence electrons. The molecular weight excluding hydrogens is 415 g/mol. The minimum atomic E-state index is -0.612. The largest absolute Gasteiger partial charge is 0.497 e. The van der Waals surface area contributed by atoms with Crippen LogP contribution in [-0.2, 0) is 21.9 Å². The number of amides is 2. The minimum absolute atomic E-state index is 0.0385.